The maximum Gasteiger partial charge on any atom is 0.337 e. The molecule has 7 nitrogen and oxygen atoms in total. The molecule has 0 saturated carbocycles. The third kappa shape index (κ3) is 8.54. The second-order valence-electron chi connectivity index (χ2n) is 10.6. The molecule has 0 saturated heterocycles. The minimum absolute atomic E-state index is 0.0644. The molecular formula is C27H50O7. The molecule has 200 valence electrons. The molecule has 0 bridgehead atoms. The lowest BCUT2D eigenvalue weighted by Gasteiger charge is -2.45. The highest BCUT2D eigenvalue weighted by Gasteiger charge is 2.65. The molecule has 0 radical (unpaired) electrons. The van der Waals surface area contributed by atoms with E-state index in [0.717, 1.165) is 19.3 Å². The van der Waals surface area contributed by atoms with Crippen LogP contribution in [0.2, 0.25) is 0 Å². The quantitative estimate of drug-likeness (QED) is 0.160. The number of aliphatic carboxylic acids is 3. The summed E-state index contributed by atoms with van der Waals surface area (Å²) >= 11 is 0. The van der Waals surface area contributed by atoms with Crippen molar-refractivity contribution in [1.29, 1.82) is 0 Å². The SMILES string of the molecule is CCC(C)CCCC(C(=O)O)C(O)(C(=O)O)C(CCCC(C)CC)(CCCC(C)CC)C(=O)O. The van der Waals surface area contributed by atoms with Gasteiger partial charge in [0.1, 0.15) is 5.41 Å². The van der Waals surface area contributed by atoms with Crippen LogP contribution in [0.3, 0.4) is 0 Å². The normalized spacial score (nSPS) is 18.8. The summed E-state index contributed by atoms with van der Waals surface area (Å²) in [6, 6.07) is 0. The Hall–Kier alpha value is -1.63. The molecule has 0 aromatic heterocycles. The van der Waals surface area contributed by atoms with E-state index in [4.69, 9.17) is 0 Å². The second-order valence-corrected chi connectivity index (χ2v) is 10.6. The lowest BCUT2D eigenvalue weighted by molar-refractivity contribution is -0.208. The standard InChI is InChI=1S/C27H50O7/c1-7-19(4)13-10-16-22(23(28)29)27(34,25(32)33)26(24(30)31,17-11-14-20(5)8-2)18-12-15-21(6)9-3/h19-22,34H,7-18H2,1-6H3,(H,28,29)(H,30,31)(H,32,33). The van der Waals surface area contributed by atoms with E-state index in [-0.39, 0.29) is 19.3 Å². The first-order valence-electron chi connectivity index (χ1n) is 13.3. The highest BCUT2D eigenvalue weighted by atomic mass is 16.4. The number of carboxylic acids is 3. The van der Waals surface area contributed by atoms with Gasteiger partial charge in [-0.15, -0.1) is 0 Å². The number of aliphatic hydroxyl groups is 1. The molecule has 0 aliphatic heterocycles. The number of rotatable bonds is 20. The van der Waals surface area contributed by atoms with Crippen molar-refractivity contribution in [2.45, 2.75) is 124 Å². The zero-order valence-electron chi connectivity index (χ0n) is 22.3. The smallest absolute Gasteiger partial charge is 0.337 e. The van der Waals surface area contributed by atoms with Crippen molar-refractivity contribution in [3.05, 3.63) is 0 Å². The molecule has 0 aliphatic rings. The van der Waals surface area contributed by atoms with Crippen LogP contribution < -0.4 is 0 Å². The number of carbonyl (C=O) groups is 3. The summed E-state index contributed by atoms with van der Waals surface area (Å²) in [5.74, 6) is -5.33. The van der Waals surface area contributed by atoms with E-state index in [1.165, 1.54) is 0 Å². The fourth-order valence-electron chi connectivity index (χ4n) is 4.87. The highest BCUT2D eigenvalue weighted by Crippen LogP contribution is 2.48. The molecule has 0 amide bonds. The van der Waals surface area contributed by atoms with Crippen molar-refractivity contribution in [3.63, 3.8) is 0 Å². The van der Waals surface area contributed by atoms with Gasteiger partial charge in [-0.25, -0.2) is 4.79 Å². The molecule has 0 aliphatic carbocycles. The largest absolute Gasteiger partial charge is 0.481 e. The third-order valence-electron chi connectivity index (χ3n) is 8.15. The van der Waals surface area contributed by atoms with Crippen molar-refractivity contribution in [1.82, 2.24) is 0 Å². The fraction of sp³-hybridized carbons (Fsp3) is 0.889. The van der Waals surface area contributed by atoms with E-state index < -0.39 is 34.8 Å². The fourth-order valence-corrected chi connectivity index (χ4v) is 4.87. The van der Waals surface area contributed by atoms with E-state index >= 15 is 0 Å². The summed E-state index contributed by atoms with van der Waals surface area (Å²) in [4.78, 5) is 37.7. The molecule has 0 rings (SSSR count). The van der Waals surface area contributed by atoms with Crippen molar-refractivity contribution in [3.8, 4) is 0 Å². The van der Waals surface area contributed by atoms with Gasteiger partial charge in [0.05, 0.1) is 5.92 Å². The van der Waals surface area contributed by atoms with Gasteiger partial charge in [-0.1, -0.05) is 99.3 Å². The maximum absolute atomic E-state index is 12.8. The van der Waals surface area contributed by atoms with E-state index in [1.54, 1.807) is 0 Å². The Balaban J connectivity index is 6.36. The summed E-state index contributed by atoms with van der Waals surface area (Å²) in [6.45, 7) is 12.2. The summed E-state index contributed by atoms with van der Waals surface area (Å²) in [5.41, 5.74) is -4.97. The summed E-state index contributed by atoms with van der Waals surface area (Å²) < 4.78 is 0. The van der Waals surface area contributed by atoms with Crippen LogP contribution in [-0.2, 0) is 14.4 Å². The lowest BCUT2D eigenvalue weighted by Crippen LogP contribution is -2.64. The first-order valence-corrected chi connectivity index (χ1v) is 13.3. The minimum Gasteiger partial charge on any atom is -0.481 e. The van der Waals surface area contributed by atoms with Crippen LogP contribution in [0.5, 0.6) is 0 Å². The predicted octanol–water partition coefficient (Wildman–Crippen LogP) is 6.22. The number of hydrogen-bond acceptors (Lipinski definition) is 4. The van der Waals surface area contributed by atoms with Gasteiger partial charge in [0, 0.05) is 0 Å². The topological polar surface area (TPSA) is 132 Å². The molecule has 0 fully saturated rings. The Kier molecular flexibility index (Phi) is 14.6. The molecule has 0 aromatic rings. The van der Waals surface area contributed by atoms with E-state index in [1.807, 2.05) is 41.5 Å². The van der Waals surface area contributed by atoms with E-state index in [2.05, 4.69) is 0 Å². The molecule has 5 atom stereocenters. The minimum atomic E-state index is -2.90. The van der Waals surface area contributed by atoms with Crippen LogP contribution in [0.15, 0.2) is 0 Å². The third-order valence-corrected chi connectivity index (χ3v) is 8.15. The monoisotopic (exact) mass is 486 g/mol. The molecule has 0 spiro atoms. The maximum atomic E-state index is 12.8. The highest BCUT2D eigenvalue weighted by molar-refractivity contribution is 5.93. The Morgan fingerprint density at radius 2 is 1.03 bits per heavy atom. The first kappa shape index (κ1) is 32.4. The van der Waals surface area contributed by atoms with Crippen molar-refractivity contribution in [2.24, 2.45) is 29.1 Å². The Bertz CT molecular complexity index is 616. The average Bonchev–Trinajstić information content (AvgIpc) is 2.78. The number of hydrogen-bond donors (Lipinski definition) is 4. The van der Waals surface area contributed by atoms with Gasteiger partial charge < -0.3 is 20.4 Å². The first-order chi connectivity index (χ1) is 15.8. The Morgan fingerprint density at radius 1 is 0.647 bits per heavy atom. The molecule has 5 unspecified atom stereocenters. The Morgan fingerprint density at radius 3 is 1.32 bits per heavy atom. The van der Waals surface area contributed by atoms with Crippen LogP contribution in [0.1, 0.15) is 119 Å². The van der Waals surface area contributed by atoms with Crippen LogP contribution in [0.25, 0.3) is 0 Å². The summed E-state index contributed by atoms with van der Waals surface area (Å²) in [6.07, 6.45) is 5.84. The lowest BCUT2D eigenvalue weighted by atomic mass is 9.59. The molecule has 0 aromatic carbocycles. The van der Waals surface area contributed by atoms with E-state index in [0.29, 0.717) is 56.3 Å². The van der Waals surface area contributed by atoms with Crippen molar-refractivity contribution < 1.29 is 34.8 Å². The zero-order valence-corrected chi connectivity index (χ0v) is 22.3. The zero-order chi connectivity index (χ0) is 26.5. The van der Waals surface area contributed by atoms with Crippen LogP contribution in [-0.4, -0.2) is 43.9 Å². The summed E-state index contributed by atoms with van der Waals surface area (Å²) in [5, 5.41) is 42.4. The number of carboxylic acid groups (broad SMARTS) is 3. The molecular weight excluding hydrogens is 436 g/mol. The van der Waals surface area contributed by atoms with Gasteiger partial charge in [-0.05, 0) is 37.0 Å². The van der Waals surface area contributed by atoms with Crippen molar-refractivity contribution >= 4 is 17.9 Å². The van der Waals surface area contributed by atoms with E-state index in [9.17, 15) is 34.8 Å². The molecule has 4 N–H and O–H groups in total. The molecule has 0 heterocycles. The molecule has 34 heavy (non-hydrogen) atoms. The van der Waals surface area contributed by atoms with Gasteiger partial charge in [0.15, 0.2) is 5.60 Å². The van der Waals surface area contributed by atoms with Gasteiger partial charge in [-0.3, -0.25) is 9.59 Å². The summed E-state index contributed by atoms with van der Waals surface area (Å²) in [7, 11) is 0. The van der Waals surface area contributed by atoms with Crippen LogP contribution >= 0.6 is 0 Å². The van der Waals surface area contributed by atoms with Gasteiger partial charge in [0.2, 0.25) is 0 Å². The predicted molar refractivity (Wildman–Crippen MR) is 134 cm³/mol. The molecule has 7 heteroatoms. The van der Waals surface area contributed by atoms with Crippen LogP contribution in [0, 0.1) is 29.1 Å². The van der Waals surface area contributed by atoms with Crippen molar-refractivity contribution in [2.75, 3.05) is 0 Å². The van der Waals surface area contributed by atoms with Crippen LogP contribution in [0.4, 0.5) is 0 Å². The average molecular weight is 487 g/mol. The van der Waals surface area contributed by atoms with Gasteiger partial charge >= 0.3 is 17.9 Å². The Labute approximate surface area is 206 Å². The van der Waals surface area contributed by atoms with Gasteiger partial charge in [0.25, 0.3) is 0 Å². The van der Waals surface area contributed by atoms with Gasteiger partial charge in [-0.2, -0.15) is 0 Å². The second kappa shape index (κ2) is 15.4.